The molecular weight excluding hydrogens is 418 g/mol. The third-order valence-electron chi connectivity index (χ3n) is 3.84. The van der Waals surface area contributed by atoms with Gasteiger partial charge in [0.1, 0.15) is 4.83 Å². The summed E-state index contributed by atoms with van der Waals surface area (Å²) in [6, 6.07) is 13.9. The van der Waals surface area contributed by atoms with Gasteiger partial charge in [-0.15, -0.1) is 22.7 Å². The van der Waals surface area contributed by atoms with Crippen molar-refractivity contribution in [2.45, 2.75) is 13.5 Å². The van der Waals surface area contributed by atoms with Gasteiger partial charge in [-0.05, 0) is 48.7 Å². The number of halogens is 1. The highest BCUT2D eigenvalue weighted by Crippen LogP contribution is 2.30. The first-order chi connectivity index (χ1) is 12.1. The zero-order valence-electron chi connectivity index (χ0n) is 13.3. The molecule has 3 heterocycles. The molecule has 0 spiro atoms. The van der Waals surface area contributed by atoms with Crippen LogP contribution < -0.4 is 5.32 Å². The summed E-state index contributed by atoms with van der Waals surface area (Å²) in [5.74, 6) is -0.0450. The minimum absolute atomic E-state index is 0.0450. The first kappa shape index (κ1) is 16.5. The third-order valence-corrected chi connectivity index (χ3v) is 6.36. The number of fused-ring (bicyclic) bond motifs is 1. The minimum atomic E-state index is -0.0450. The fourth-order valence-electron chi connectivity index (χ4n) is 2.58. The van der Waals surface area contributed by atoms with Crippen LogP contribution in [0.15, 0.2) is 52.3 Å². The van der Waals surface area contributed by atoms with E-state index in [2.05, 4.69) is 26.3 Å². The number of rotatable bonds is 4. The number of carbonyl (C=O) groups excluding carboxylic acids is 1. The lowest BCUT2D eigenvalue weighted by molar-refractivity contribution is 0.0955. The van der Waals surface area contributed by atoms with E-state index in [1.807, 2.05) is 59.5 Å². The van der Waals surface area contributed by atoms with Crippen molar-refractivity contribution in [3.8, 4) is 5.69 Å². The van der Waals surface area contributed by atoms with E-state index in [0.29, 0.717) is 11.4 Å². The highest BCUT2D eigenvalue weighted by Gasteiger charge is 2.17. The number of nitrogens with zero attached hydrogens (tertiary/aromatic N) is 2. The maximum Gasteiger partial charge on any atom is 0.261 e. The molecule has 0 aliphatic carbocycles. The predicted octanol–water partition coefficient (Wildman–Crippen LogP) is 5.15. The van der Waals surface area contributed by atoms with Crippen molar-refractivity contribution in [2.24, 2.45) is 0 Å². The number of hydrogen-bond acceptors (Lipinski definition) is 4. The molecule has 1 amide bonds. The fraction of sp³-hybridized carbons (Fsp3) is 0.111. The summed E-state index contributed by atoms with van der Waals surface area (Å²) < 4.78 is 2.92. The lowest BCUT2D eigenvalue weighted by atomic mass is 10.3. The average molecular weight is 432 g/mol. The van der Waals surface area contributed by atoms with Crippen LogP contribution in [0.5, 0.6) is 0 Å². The molecule has 0 saturated carbocycles. The van der Waals surface area contributed by atoms with E-state index in [-0.39, 0.29) is 5.91 Å². The van der Waals surface area contributed by atoms with Gasteiger partial charge in [-0.2, -0.15) is 5.10 Å². The highest BCUT2D eigenvalue weighted by atomic mass is 79.9. The summed E-state index contributed by atoms with van der Waals surface area (Å²) in [4.78, 5) is 15.3. The first-order valence-electron chi connectivity index (χ1n) is 7.67. The fourth-order valence-corrected chi connectivity index (χ4v) is 4.59. The van der Waals surface area contributed by atoms with Gasteiger partial charge in [0.15, 0.2) is 0 Å². The molecule has 25 heavy (non-hydrogen) atoms. The molecule has 0 aliphatic rings. The summed E-state index contributed by atoms with van der Waals surface area (Å²) in [6.07, 6.45) is 0. The lowest BCUT2D eigenvalue weighted by Gasteiger charge is -2.03. The summed E-state index contributed by atoms with van der Waals surface area (Å²) in [5, 5.41) is 10.6. The molecule has 4 rings (SSSR count). The Morgan fingerprint density at radius 3 is 2.80 bits per heavy atom. The molecule has 0 saturated heterocycles. The van der Waals surface area contributed by atoms with E-state index in [9.17, 15) is 4.79 Å². The molecule has 4 nitrogen and oxygen atoms in total. The van der Waals surface area contributed by atoms with Gasteiger partial charge in [0, 0.05) is 14.7 Å². The zero-order valence-corrected chi connectivity index (χ0v) is 16.5. The van der Waals surface area contributed by atoms with Crippen LogP contribution in [0.3, 0.4) is 0 Å². The quantitative estimate of drug-likeness (QED) is 0.485. The van der Waals surface area contributed by atoms with E-state index in [0.717, 1.165) is 30.9 Å². The number of hydrogen-bond donors (Lipinski definition) is 1. The smallest absolute Gasteiger partial charge is 0.261 e. The topological polar surface area (TPSA) is 46.9 Å². The van der Waals surface area contributed by atoms with Crippen molar-refractivity contribution in [3.63, 3.8) is 0 Å². The minimum Gasteiger partial charge on any atom is -0.346 e. The second kappa shape index (κ2) is 6.74. The molecule has 0 unspecified atom stereocenters. The molecule has 3 aromatic heterocycles. The number of thiophene rings is 2. The molecule has 0 bridgehead atoms. The van der Waals surface area contributed by atoms with Crippen molar-refractivity contribution in [1.82, 2.24) is 15.1 Å². The zero-order chi connectivity index (χ0) is 17.4. The monoisotopic (exact) mass is 431 g/mol. The van der Waals surface area contributed by atoms with Crippen molar-refractivity contribution < 1.29 is 4.79 Å². The molecule has 0 atom stereocenters. The molecule has 0 fully saturated rings. The van der Waals surface area contributed by atoms with Crippen molar-refractivity contribution >= 4 is 54.7 Å². The van der Waals surface area contributed by atoms with E-state index >= 15 is 0 Å². The van der Waals surface area contributed by atoms with Gasteiger partial charge in [-0.3, -0.25) is 4.79 Å². The number of carbonyl (C=O) groups is 1. The Morgan fingerprint density at radius 1 is 1.28 bits per heavy atom. The van der Waals surface area contributed by atoms with Gasteiger partial charge < -0.3 is 5.32 Å². The van der Waals surface area contributed by atoms with Crippen molar-refractivity contribution in [1.29, 1.82) is 0 Å². The Hall–Kier alpha value is -1.96. The Labute approximate surface area is 161 Å². The summed E-state index contributed by atoms with van der Waals surface area (Å²) in [5.41, 5.74) is 1.90. The second-order valence-electron chi connectivity index (χ2n) is 5.57. The van der Waals surface area contributed by atoms with Crippen molar-refractivity contribution in [2.75, 3.05) is 0 Å². The maximum absolute atomic E-state index is 12.5. The SMILES string of the molecule is Cc1nn(-c2ccc(Br)cc2)c2sc(C(=O)NCc3cccs3)cc12. The van der Waals surface area contributed by atoms with Crippen LogP contribution in [0.1, 0.15) is 20.2 Å². The molecule has 7 heteroatoms. The van der Waals surface area contributed by atoms with Crippen molar-refractivity contribution in [3.05, 3.63) is 67.8 Å². The summed E-state index contributed by atoms with van der Waals surface area (Å²) in [6.45, 7) is 2.53. The van der Waals surface area contributed by atoms with E-state index in [1.165, 1.54) is 11.3 Å². The normalized spacial score (nSPS) is 11.1. The van der Waals surface area contributed by atoms with Gasteiger partial charge in [0.05, 0.1) is 22.8 Å². The molecular formula is C18H14BrN3OS2. The second-order valence-corrected chi connectivity index (χ2v) is 8.54. The van der Waals surface area contributed by atoms with Crippen LogP contribution in [-0.2, 0) is 6.54 Å². The van der Waals surface area contributed by atoms with Crippen LogP contribution >= 0.6 is 38.6 Å². The third kappa shape index (κ3) is 3.27. The summed E-state index contributed by atoms with van der Waals surface area (Å²) in [7, 11) is 0. The molecule has 0 aliphatic heterocycles. The van der Waals surface area contributed by atoms with Crippen LogP contribution in [0.25, 0.3) is 15.9 Å². The van der Waals surface area contributed by atoms with Gasteiger partial charge in [0.2, 0.25) is 0 Å². The number of aryl methyl sites for hydroxylation is 1. The Bertz CT molecular complexity index is 1030. The van der Waals surface area contributed by atoms with E-state index in [4.69, 9.17) is 0 Å². The standard InChI is InChI=1S/C18H14BrN3OS2/c1-11-15-9-16(17(23)20-10-14-3-2-8-24-14)25-18(15)22(21-11)13-6-4-12(19)5-7-13/h2-9H,10H2,1H3,(H,20,23). The average Bonchev–Trinajstić information content (AvgIpc) is 3.32. The van der Waals surface area contributed by atoms with Gasteiger partial charge in [-0.1, -0.05) is 22.0 Å². The first-order valence-corrected chi connectivity index (χ1v) is 10.2. The van der Waals surface area contributed by atoms with E-state index in [1.54, 1.807) is 11.3 Å². The molecule has 1 N–H and O–H groups in total. The highest BCUT2D eigenvalue weighted by molar-refractivity contribution is 9.10. The van der Waals surface area contributed by atoms with E-state index < -0.39 is 0 Å². The molecule has 0 radical (unpaired) electrons. The predicted molar refractivity (Wildman–Crippen MR) is 107 cm³/mol. The lowest BCUT2D eigenvalue weighted by Crippen LogP contribution is -2.21. The van der Waals surface area contributed by atoms with Gasteiger partial charge in [0.25, 0.3) is 5.91 Å². The number of benzene rings is 1. The van der Waals surface area contributed by atoms with Crippen LogP contribution in [0.2, 0.25) is 0 Å². The Kier molecular flexibility index (Phi) is 4.45. The Balaban J connectivity index is 1.64. The number of nitrogens with one attached hydrogen (secondary N) is 1. The number of aromatic nitrogens is 2. The molecule has 1 aromatic carbocycles. The number of amides is 1. The molecule has 126 valence electrons. The largest absolute Gasteiger partial charge is 0.346 e. The van der Waals surface area contributed by atoms with Gasteiger partial charge >= 0.3 is 0 Å². The van der Waals surface area contributed by atoms with Gasteiger partial charge in [-0.25, -0.2) is 4.68 Å². The van der Waals surface area contributed by atoms with Crippen LogP contribution in [0.4, 0.5) is 0 Å². The maximum atomic E-state index is 12.5. The summed E-state index contributed by atoms with van der Waals surface area (Å²) >= 11 is 6.56. The Morgan fingerprint density at radius 2 is 2.08 bits per heavy atom. The molecule has 4 aromatic rings. The van der Waals surface area contributed by atoms with Crippen LogP contribution in [-0.4, -0.2) is 15.7 Å². The van der Waals surface area contributed by atoms with Crippen LogP contribution in [0, 0.1) is 6.92 Å².